The molecule has 0 saturated carbocycles. The predicted molar refractivity (Wildman–Crippen MR) is 120 cm³/mol. The third-order valence-corrected chi connectivity index (χ3v) is 5.98. The molecule has 10 nitrogen and oxygen atoms in total. The first kappa shape index (κ1) is 22.9. The van der Waals surface area contributed by atoms with Gasteiger partial charge in [-0.25, -0.2) is 9.78 Å². The quantitative estimate of drug-likeness (QED) is 0.531. The first-order valence-electron chi connectivity index (χ1n) is 11.1. The Bertz CT molecular complexity index is 1140. The fraction of sp³-hybridized carbons (Fsp3) is 0.478. The second-order valence-corrected chi connectivity index (χ2v) is 8.33. The zero-order valence-corrected chi connectivity index (χ0v) is 19.1. The van der Waals surface area contributed by atoms with E-state index < -0.39 is 12.0 Å². The summed E-state index contributed by atoms with van der Waals surface area (Å²) in [5.41, 5.74) is 2.57. The predicted octanol–water partition coefficient (Wildman–Crippen LogP) is 2.55. The molecule has 0 aliphatic carbocycles. The normalized spacial score (nSPS) is 15.6. The summed E-state index contributed by atoms with van der Waals surface area (Å²) in [5.74, 6) is -0.145. The summed E-state index contributed by atoms with van der Waals surface area (Å²) >= 11 is 0. The van der Waals surface area contributed by atoms with Gasteiger partial charge in [-0.2, -0.15) is 0 Å². The lowest BCUT2D eigenvalue weighted by molar-refractivity contribution is 0.0369. The van der Waals surface area contributed by atoms with Gasteiger partial charge in [0.25, 0.3) is 5.91 Å². The van der Waals surface area contributed by atoms with Gasteiger partial charge in [-0.3, -0.25) is 9.69 Å². The fourth-order valence-corrected chi connectivity index (χ4v) is 4.26. The van der Waals surface area contributed by atoms with E-state index in [-0.39, 0.29) is 11.5 Å². The number of carboxylic acids is 1. The van der Waals surface area contributed by atoms with Crippen LogP contribution in [0.1, 0.15) is 57.4 Å². The lowest BCUT2D eigenvalue weighted by Crippen LogP contribution is -2.37. The minimum atomic E-state index is -1.000. The highest BCUT2D eigenvalue weighted by Crippen LogP contribution is 2.24. The second kappa shape index (κ2) is 9.72. The minimum absolute atomic E-state index is 0.180. The van der Waals surface area contributed by atoms with Crippen molar-refractivity contribution in [1.29, 1.82) is 0 Å². The molecule has 3 heterocycles. The van der Waals surface area contributed by atoms with Gasteiger partial charge < -0.3 is 24.3 Å². The van der Waals surface area contributed by atoms with Gasteiger partial charge in [-0.15, -0.1) is 0 Å². The van der Waals surface area contributed by atoms with Gasteiger partial charge in [-0.05, 0) is 45.4 Å². The highest BCUT2D eigenvalue weighted by molar-refractivity contribution is 5.96. The Morgan fingerprint density at radius 1 is 1.21 bits per heavy atom. The number of carboxylic acid groups (broad SMARTS) is 1. The second-order valence-electron chi connectivity index (χ2n) is 8.33. The van der Waals surface area contributed by atoms with E-state index in [1.807, 2.05) is 6.92 Å². The molecule has 33 heavy (non-hydrogen) atoms. The smallest absolute Gasteiger partial charge is 0.335 e. The molecule has 10 heteroatoms. The Morgan fingerprint density at radius 3 is 2.64 bits per heavy atom. The molecule has 1 aliphatic heterocycles. The summed E-state index contributed by atoms with van der Waals surface area (Å²) in [5, 5.41) is 16.2. The molecule has 1 atom stereocenters. The summed E-state index contributed by atoms with van der Waals surface area (Å²) in [6.45, 7) is 10.3. The maximum Gasteiger partial charge on any atom is 0.335 e. The van der Waals surface area contributed by atoms with E-state index in [0.29, 0.717) is 34.9 Å². The fourth-order valence-electron chi connectivity index (χ4n) is 4.26. The summed E-state index contributed by atoms with van der Waals surface area (Å²) in [6, 6.07) is 4.53. The van der Waals surface area contributed by atoms with E-state index >= 15 is 0 Å². The van der Waals surface area contributed by atoms with Crippen LogP contribution < -0.4 is 5.32 Å². The molecule has 0 bridgehead atoms. The molecule has 3 aromatic rings. The number of aryl methyl sites for hydroxylation is 3. The number of nitrogens with one attached hydrogen (secondary N) is 1. The van der Waals surface area contributed by atoms with Crippen LogP contribution in [-0.4, -0.2) is 69.4 Å². The van der Waals surface area contributed by atoms with Crippen LogP contribution in [0.4, 0.5) is 0 Å². The van der Waals surface area contributed by atoms with E-state index in [9.17, 15) is 14.7 Å². The third kappa shape index (κ3) is 4.91. The molecule has 1 saturated heterocycles. The van der Waals surface area contributed by atoms with Gasteiger partial charge in [0.05, 0.1) is 41.5 Å². The number of hydrogen-bond donors (Lipinski definition) is 2. The van der Waals surface area contributed by atoms with Crippen molar-refractivity contribution in [3.05, 3.63) is 46.6 Å². The van der Waals surface area contributed by atoms with Crippen LogP contribution in [0.15, 0.2) is 22.7 Å². The largest absolute Gasteiger partial charge is 0.478 e. The first-order chi connectivity index (χ1) is 15.8. The van der Waals surface area contributed by atoms with E-state index in [2.05, 4.69) is 19.9 Å². The third-order valence-electron chi connectivity index (χ3n) is 5.98. The lowest BCUT2D eigenvalue weighted by Gasteiger charge is -2.26. The Morgan fingerprint density at radius 2 is 1.97 bits per heavy atom. The lowest BCUT2D eigenvalue weighted by atomic mass is 10.1. The molecule has 2 N–H and O–H groups in total. The van der Waals surface area contributed by atoms with E-state index in [1.165, 1.54) is 0 Å². The monoisotopic (exact) mass is 455 g/mol. The van der Waals surface area contributed by atoms with Crippen LogP contribution in [-0.2, 0) is 11.3 Å². The molecule has 1 aromatic carbocycles. The molecule has 0 radical (unpaired) electrons. The van der Waals surface area contributed by atoms with Crippen LogP contribution in [0.3, 0.4) is 0 Å². The summed E-state index contributed by atoms with van der Waals surface area (Å²) in [6.07, 6.45) is 0.893. The van der Waals surface area contributed by atoms with Gasteiger partial charge in [0.1, 0.15) is 17.1 Å². The van der Waals surface area contributed by atoms with Crippen molar-refractivity contribution < 1.29 is 24.0 Å². The van der Waals surface area contributed by atoms with Crippen LogP contribution in [0.25, 0.3) is 11.0 Å². The first-order valence-corrected chi connectivity index (χ1v) is 11.1. The molecule has 0 spiro atoms. The average molecular weight is 456 g/mol. The molecule has 176 valence electrons. The Balaban J connectivity index is 1.59. The molecule has 1 amide bonds. The summed E-state index contributed by atoms with van der Waals surface area (Å²) in [7, 11) is 0. The topological polar surface area (TPSA) is 123 Å². The minimum Gasteiger partial charge on any atom is -0.478 e. The molecule has 1 aliphatic rings. The van der Waals surface area contributed by atoms with Crippen molar-refractivity contribution in [1.82, 2.24) is 24.9 Å². The highest BCUT2D eigenvalue weighted by Gasteiger charge is 2.23. The standard InChI is InChI=1S/C23H29N5O5/c1-14-20(16(3)33-26-14)22(29)24-15(2)21-25-18-13-17(23(30)31)5-6-19(18)28(21)8-4-7-27-9-11-32-12-10-27/h5-6,13,15H,4,7-12H2,1-3H3,(H,24,29)(H,30,31). The maximum absolute atomic E-state index is 12.9. The average Bonchev–Trinajstić information content (AvgIpc) is 3.33. The number of rotatable bonds is 8. The van der Waals surface area contributed by atoms with Crippen molar-refractivity contribution in [2.75, 3.05) is 32.8 Å². The Hall–Kier alpha value is -3.24. The number of benzene rings is 1. The van der Waals surface area contributed by atoms with Crippen LogP contribution >= 0.6 is 0 Å². The SMILES string of the molecule is Cc1noc(C)c1C(=O)NC(C)c1nc2cc(C(=O)O)ccc2n1CCCN1CCOCC1. The molecule has 2 aromatic heterocycles. The highest BCUT2D eigenvalue weighted by atomic mass is 16.5. The van der Waals surface area contributed by atoms with Gasteiger partial charge in [0.2, 0.25) is 0 Å². The van der Waals surface area contributed by atoms with Crippen molar-refractivity contribution >= 4 is 22.9 Å². The zero-order chi connectivity index (χ0) is 23.5. The number of carbonyl (C=O) groups excluding carboxylic acids is 1. The van der Waals surface area contributed by atoms with E-state index in [4.69, 9.17) is 14.2 Å². The van der Waals surface area contributed by atoms with Crippen molar-refractivity contribution in [3.63, 3.8) is 0 Å². The van der Waals surface area contributed by atoms with Gasteiger partial charge >= 0.3 is 5.97 Å². The number of ether oxygens (including phenoxy) is 1. The van der Waals surface area contributed by atoms with Gasteiger partial charge in [0, 0.05) is 26.2 Å². The number of carbonyl (C=O) groups is 2. The van der Waals surface area contributed by atoms with Crippen molar-refractivity contribution in [2.45, 2.75) is 39.8 Å². The Kier molecular flexibility index (Phi) is 6.75. The van der Waals surface area contributed by atoms with Crippen molar-refractivity contribution in [2.24, 2.45) is 0 Å². The van der Waals surface area contributed by atoms with Crippen LogP contribution in [0.5, 0.6) is 0 Å². The van der Waals surface area contributed by atoms with E-state index in [0.717, 1.165) is 44.8 Å². The van der Waals surface area contributed by atoms with Gasteiger partial charge in [0.15, 0.2) is 0 Å². The molecule has 1 unspecified atom stereocenters. The maximum atomic E-state index is 12.9. The summed E-state index contributed by atoms with van der Waals surface area (Å²) in [4.78, 5) is 31.4. The number of hydrogen-bond acceptors (Lipinski definition) is 7. The molecule has 4 rings (SSSR count). The van der Waals surface area contributed by atoms with E-state index in [1.54, 1.807) is 32.0 Å². The summed E-state index contributed by atoms with van der Waals surface area (Å²) < 4.78 is 12.6. The zero-order valence-electron chi connectivity index (χ0n) is 19.1. The van der Waals surface area contributed by atoms with Crippen molar-refractivity contribution in [3.8, 4) is 0 Å². The molecular formula is C23H29N5O5. The molecule has 1 fully saturated rings. The number of nitrogens with zero attached hydrogens (tertiary/aromatic N) is 4. The number of aromatic carboxylic acids is 1. The Labute approximate surface area is 191 Å². The number of amides is 1. The number of aromatic nitrogens is 3. The number of morpholine rings is 1. The van der Waals surface area contributed by atoms with Crippen LogP contribution in [0.2, 0.25) is 0 Å². The van der Waals surface area contributed by atoms with Crippen LogP contribution in [0, 0.1) is 13.8 Å². The number of fused-ring (bicyclic) bond motifs is 1. The molecular weight excluding hydrogens is 426 g/mol. The van der Waals surface area contributed by atoms with Gasteiger partial charge in [-0.1, -0.05) is 5.16 Å². The number of imidazole rings is 1.